The van der Waals surface area contributed by atoms with Crippen molar-refractivity contribution in [2.75, 3.05) is 0 Å². The molecule has 0 nitrogen and oxygen atoms in total. The minimum atomic E-state index is -1.36. The van der Waals surface area contributed by atoms with Crippen molar-refractivity contribution >= 4 is 46.0 Å². The third-order valence-electron chi connectivity index (χ3n) is 4.54. The number of allylic oxidation sites excluding steroid dienone is 4. The van der Waals surface area contributed by atoms with Crippen LogP contribution >= 0.6 is 32.9 Å². The summed E-state index contributed by atoms with van der Waals surface area (Å²) in [4.78, 5) is 0. The third kappa shape index (κ3) is 5.07. The standard InChI is InChI=1S/C17H25PSi.2ClH.Ti/c1-12-13(2)15(4)17(14(12)3)19(5,6)18-16-10-8-7-9-11-16;;;/h7-11,14,18H,1-6H3;2*1H;. The Morgan fingerprint density at radius 1 is 0.909 bits per heavy atom. The van der Waals surface area contributed by atoms with Gasteiger partial charge < -0.3 is 0 Å². The first-order valence-electron chi connectivity index (χ1n) is 7.07. The van der Waals surface area contributed by atoms with E-state index in [0.717, 1.165) is 8.13 Å². The fourth-order valence-electron chi connectivity index (χ4n) is 3.32. The van der Waals surface area contributed by atoms with Crippen LogP contribution < -0.4 is 5.30 Å². The second kappa shape index (κ2) is 9.82. The van der Waals surface area contributed by atoms with Crippen molar-refractivity contribution in [1.29, 1.82) is 0 Å². The van der Waals surface area contributed by atoms with Gasteiger partial charge in [-0.2, -0.15) is 0 Å². The molecule has 2 atom stereocenters. The Bertz CT molecular complexity index is 553. The van der Waals surface area contributed by atoms with E-state index in [0.29, 0.717) is 5.92 Å². The first kappa shape index (κ1) is 24.9. The monoisotopic (exact) mass is 408 g/mol. The van der Waals surface area contributed by atoms with E-state index in [9.17, 15) is 0 Å². The molecule has 0 N–H and O–H groups in total. The second-order valence-corrected chi connectivity index (χ2v) is 15.3. The smallest absolute Gasteiger partial charge is 0.105 e. The Morgan fingerprint density at radius 3 is 1.82 bits per heavy atom. The maximum atomic E-state index is 2.54. The predicted molar refractivity (Wildman–Crippen MR) is 107 cm³/mol. The van der Waals surface area contributed by atoms with Crippen molar-refractivity contribution in [3.8, 4) is 0 Å². The number of halogens is 2. The quantitative estimate of drug-likeness (QED) is 0.432. The molecule has 5 heteroatoms. The van der Waals surface area contributed by atoms with Crippen molar-refractivity contribution in [1.82, 2.24) is 0 Å². The van der Waals surface area contributed by atoms with Gasteiger partial charge in [-0.25, -0.2) is 0 Å². The average Bonchev–Trinajstić information content (AvgIpc) is 2.55. The summed E-state index contributed by atoms with van der Waals surface area (Å²) in [6.45, 7) is 14.4. The van der Waals surface area contributed by atoms with Gasteiger partial charge in [0.1, 0.15) is 7.74 Å². The molecule has 2 unspecified atom stereocenters. The van der Waals surface area contributed by atoms with Gasteiger partial charge in [-0.05, 0) is 37.6 Å². The minimum absolute atomic E-state index is 0. The Morgan fingerprint density at radius 2 is 1.41 bits per heavy atom. The Balaban J connectivity index is 0. The first-order valence-corrected chi connectivity index (χ1v) is 12.1. The van der Waals surface area contributed by atoms with Crippen LogP contribution in [-0.4, -0.2) is 7.74 Å². The average molecular weight is 409 g/mol. The molecule has 1 aliphatic carbocycles. The van der Waals surface area contributed by atoms with E-state index in [1.807, 2.05) is 0 Å². The van der Waals surface area contributed by atoms with Gasteiger partial charge in [-0.15, -0.1) is 24.8 Å². The molecule has 0 aliphatic heterocycles. The number of hydrogen-bond donors (Lipinski definition) is 0. The van der Waals surface area contributed by atoms with Crippen molar-refractivity contribution in [2.24, 2.45) is 5.92 Å². The Kier molecular flexibility index (Phi) is 11.1. The molecular weight excluding hydrogens is 382 g/mol. The number of hydrogen-bond acceptors (Lipinski definition) is 0. The topological polar surface area (TPSA) is 0 Å². The summed E-state index contributed by atoms with van der Waals surface area (Å²) in [6.07, 6.45) is 0. The Labute approximate surface area is 166 Å². The molecule has 2 rings (SSSR count). The molecule has 0 saturated carbocycles. The van der Waals surface area contributed by atoms with Gasteiger partial charge >= 0.3 is 0 Å². The fraction of sp³-hybridized carbons (Fsp3) is 0.412. The van der Waals surface area contributed by atoms with Crippen LogP contribution in [-0.2, 0) is 21.7 Å². The summed E-state index contributed by atoms with van der Waals surface area (Å²) in [5.74, 6) is 0.665. The van der Waals surface area contributed by atoms with Crippen LogP contribution in [0.2, 0.25) is 13.1 Å². The third-order valence-corrected chi connectivity index (χ3v) is 11.5. The molecule has 0 saturated heterocycles. The molecule has 22 heavy (non-hydrogen) atoms. The summed E-state index contributed by atoms with van der Waals surface area (Å²) in [5.41, 5.74) is 4.72. The van der Waals surface area contributed by atoms with Crippen molar-refractivity contribution < 1.29 is 21.7 Å². The summed E-state index contributed by atoms with van der Waals surface area (Å²) < 4.78 is 0. The van der Waals surface area contributed by atoms with Crippen molar-refractivity contribution in [3.63, 3.8) is 0 Å². The van der Waals surface area contributed by atoms with E-state index in [2.05, 4.69) is 71.1 Å². The van der Waals surface area contributed by atoms with Crippen LogP contribution in [0.25, 0.3) is 0 Å². The van der Waals surface area contributed by atoms with Gasteiger partial charge in [0, 0.05) is 21.7 Å². The molecule has 122 valence electrons. The van der Waals surface area contributed by atoms with E-state index >= 15 is 0 Å². The largest absolute Gasteiger partial charge is 0.147 e. The molecule has 0 heterocycles. The molecule has 0 aromatic heterocycles. The van der Waals surface area contributed by atoms with Crippen LogP contribution in [0.5, 0.6) is 0 Å². The Hall–Kier alpha value is 0.641. The van der Waals surface area contributed by atoms with Gasteiger partial charge in [0.25, 0.3) is 0 Å². The van der Waals surface area contributed by atoms with E-state index in [1.54, 1.807) is 21.9 Å². The molecule has 1 aliphatic rings. The molecule has 0 amide bonds. The molecule has 1 aromatic carbocycles. The van der Waals surface area contributed by atoms with Gasteiger partial charge in [0.2, 0.25) is 0 Å². The van der Waals surface area contributed by atoms with Crippen molar-refractivity contribution in [3.05, 3.63) is 52.2 Å². The van der Waals surface area contributed by atoms with Gasteiger partial charge in [-0.1, -0.05) is 74.8 Å². The number of rotatable bonds is 3. The SMILES string of the molecule is CC1=C(C)C(C)C([Si](C)(C)Pc2ccccc2)=C1C.Cl.Cl.[Ti]. The van der Waals surface area contributed by atoms with Gasteiger partial charge in [0.05, 0.1) is 0 Å². The molecular formula is C17H27Cl2PSiTi. The fourth-order valence-corrected chi connectivity index (χ4v) is 11.2. The molecule has 0 bridgehead atoms. The van der Waals surface area contributed by atoms with E-state index in [4.69, 9.17) is 0 Å². The summed E-state index contributed by atoms with van der Waals surface area (Å²) in [5, 5.41) is 3.30. The van der Waals surface area contributed by atoms with Crippen LogP contribution in [0.15, 0.2) is 52.2 Å². The zero-order chi connectivity index (χ0) is 14.2. The molecule has 1 aromatic rings. The second-order valence-electron chi connectivity index (χ2n) is 6.18. The summed E-state index contributed by atoms with van der Waals surface area (Å²) in [6, 6.07) is 11.0. The summed E-state index contributed by atoms with van der Waals surface area (Å²) >= 11 is 0. The van der Waals surface area contributed by atoms with Gasteiger partial charge in [0.15, 0.2) is 0 Å². The van der Waals surface area contributed by atoms with E-state index < -0.39 is 7.74 Å². The zero-order valence-electron chi connectivity index (χ0n) is 14.3. The van der Waals surface area contributed by atoms with Crippen LogP contribution in [0, 0.1) is 5.92 Å². The van der Waals surface area contributed by atoms with E-state index in [1.165, 1.54) is 5.30 Å². The maximum Gasteiger partial charge on any atom is 0.105 e. The molecule has 0 fully saturated rings. The molecule has 0 radical (unpaired) electrons. The van der Waals surface area contributed by atoms with Crippen LogP contribution in [0.3, 0.4) is 0 Å². The predicted octanol–water partition coefficient (Wildman–Crippen LogP) is 5.88. The normalized spacial score (nSPS) is 18.2. The van der Waals surface area contributed by atoms with Gasteiger partial charge in [-0.3, -0.25) is 0 Å². The van der Waals surface area contributed by atoms with Crippen LogP contribution in [0.4, 0.5) is 0 Å². The minimum Gasteiger partial charge on any atom is -0.147 e. The zero-order valence-corrected chi connectivity index (χ0v) is 19.5. The number of benzene rings is 1. The molecule has 0 spiro atoms. The van der Waals surface area contributed by atoms with E-state index in [-0.39, 0.29) is 46.5 Å². The maximum absolute atomic E-state index is 2.54. The summed E-state index contributed by atoms with van der Waals surface area (Å²) in [7, 11) is -0.384. The van der Waals surface area contributed by atoms with Crippen LogP contribution in [0.1, 0.15) is 27.7 Å². The van der Waals surface area contributed by atoms with Crippen molar-refractivity contribution in [2.45, 2.75) is 40.8 Å². The first-order chi connectivity index (χ1) is 8.84.